The lowest BCUT2D eigenvalue weighted by Gasteiger charge is -2.08. The van der Waals surface area contributed by atoms with Gasteiger partial charge >= 0.3 is 0 Å². The predicted molar refractivity (Wildman–Crippen MR) is 105 cm³/mol. The molecule has 0 fully saturated rings. The lowest BCUT2D eigenvalue weighted by atomic mass is 10.1. The van der Waals surface area contributed by atoms with Gasteiger partial charge in [-0.05, 0) is 43.2 Å². The quantitative estimate of drug-likeness (QED) is 0.567. The van der Waals surface area contributed by atoms with Crippen molar-refractivity contribution in [3.8, 4) is 17.3 Å². The van der Waals surface area contributed by atoms with Crippen molar-refractivity contribution < 1.29 is 0 Å². The molecule has 27 heavy (non-hydrogen) atoms. The largest absolute Gasteiger partial charge is 0.399 e. The van der Waals surface area contributed by atoms with Gasteiger partial charge in [-0.2, -0.15) is 5.26 Å². The number of aryl methyl sites for hydroxylation is 2. The maximum Gasteiger partial charge on any atom is 0.164 e. The summed E-state index contributed by atoms with van der Waals surface area (Å²) in [6, 6.07) is 15.6. The molecule has 0 atom stereocenters. The van der Waals surface area contributed by atoms with E-state index in [0.29, 0.717) is 17.9 Å². The van der Waals surface area contributed by atoms with Crippen LogP contribution in [0, 0.1) is 25.2 Å². The summed E-state index contributed by atoms with van der Waals surface area (Å²) in [6.45, 7) is 4.50. The molecule has 6 heteroatoms. The van der Waals surface area contributed by atoms with Crippen molar-refractivity contribution in [2.24, 2.45) is 0 Å². The standard InChI is InChI=1S/C21H18N6/c1-13-8-16(6-7-18(13)23)11-27-12-24-20-19(25-14(2)26-21(20)27)17-5-3-4-15(9-17)10-22/h3-9,12H,11,23H2,1-2H3. The average molecular weight is 354 g/mol. The Bertz CT molecular complexity index is 1200. The molecule has 2 aromatic heterocycles. The molecule has 0 aliphatic carbocycles. The van der Waals surface area contributed by atoms with Crippen LogP contribution in [0.15, 0.2) is 48.8 Å². The summed E-state index contributed by atoms with van der Waals surface area (Å²) in [5.74, 6) is 0.662. The maximum absolute atomic E-state index is 9.18. The summed E-state index contributed by atoms with van der Waals surface area (Å²) in [6.07, 6.45) is 1.78. The lowest BCUT2D eigenvalue weighted by Crippen LogP contribution is -2.02. The van der Waals surface area contributed by atoms with E-state index in [4.69, 9.17) is 5.73 Å². The molecule has 2 heterocycles. The Hall–Kier alpha value is -3.72. The van der Waals surface area contributed by atoms with Crippen LogP contribution in [0.3, 0.4) is 0 Å². The van der Waals surface area contributed by atoms with Crippen molar-refractivity contribution in [1.82, 2.24) is 19.5 Å². The van der Waals surface area contributed by atoms with Crippen LogP contribution < -0.4 is 5.73 Å². The van der Waals surface area contributed by atoms with Crippen molar-refractivity contribution in [1.29, 1.82) is 5.26 Å². The number of rotatable bonds is 3. The van der Waals surface area contributed by atoms with Crippen molar-refractivity contribution in [2.75, 3.05) is 5.73 Å². The number of hydrogen-bond donors (Lipinski definition) is 1. The van der Waals surface area contributed by atoms with Gasteiger partial charge in [-0.3, -0.25) is 0 Å². The Morgan fingerprint density at radius 2 is 1.96 bits per heavy atom. The molecular formula is C21H18N6. The first-order valence-corrected chi connectivity index (χ1v) is 8.60. The van der Waals surface area contributed by atoms with Crippen LogP contribution in [0.5, 0.6) is 0 Å². The molecule has 4 aromatic rings. The minimum atomic E-state index is 0.591. The third-order valence-corrected chi connectivity index (χ3v) is 4.53. The van der Waals surface area contributed by atoms with Gasteiger partial charge in [-0.1, -0.05) is 24.3 Å². The van der Waals surface area contributed by atoms with Crippen LogP contribution in [0.25, 0.3) is 22.4 Å². The molecule has 0 aliphatic rings. The van der Waals surface area contributed by atoms with E-state index in [-0.39, 0.29) is 0 Å². The van der Waals surface area contributed by atoms with Crippen molar-refractivity contribution in [3.63, 3.8) is 0 Å². The molecule has 4 rings (SSSR count). The first kappa shape index (κ1) is 16.7. The van der Waals surface area contributed by atoms with Crippen LogP contribution in [-0.4, -0.2) is 19.5 Å². The van der Waals surface area contributed by atoms with Gasteiger partial charge in [0, 0.05) is 11.3 Å². The molecule has 0 spiro atoms. The second-order valence-electron chi connectivity index (χ2n) is 6.55. The van der Waals surface area contributed by atoms with Crippen LogP contribution in [-0.2, 0) is 6.54 Å². The maximum atomic E-state index is 9.18. The van der Waals surface area contributed by atoms with Gasteiger partial charge in [-0.15, -0.1) is 0 Å². The zero-order valence-electron chi connectivity index (χ0n) is 15.1. The molecule has 132 valence electrons. The van der Waals surface area contributed by atoms with E-state index in [0.717, 1.165) is 39.2 Å². The van der Waals surface area contributed by atoms with Crippen molar-refractivity contribution in [3.05, 3.63) is 71.3 Å². The fourth-order valence-corrected chi connectivity index (χ4v) is 3.14. The predicted octanol–water partition coefficient (Wildman–Crippen LogP) is 3.61. The van der Waals surface area contributed by atoms with Gasteiger partial charge in [0.1, 0.15) is 17.0 Å². The zero-order valence-corrected chi connectivity index (χ0v) is 15.1. The fraction of sp³-hybridized carbons (Fsp3) is 0.143. The molecule has 0 unspecified atom stereocenters. The smallest absolute Gasteiger partial charge is 0.164 e. The van der Waals surface area contributed by atoms with Crippen LogP contribution >= 0.6 is 0 Å². The molecule has 0 saturated carbocycles. The molecule has 2 aromatic carbocycles. The molecule has 2 N–H and O–H groups in total. The number of nitrogen functional groups attached to an aromatic ring is 1. The molecule has 0 amide bonds. The number of aromatic nitrogens is 4. The topological polar surface area (TPSA) is 93.4 Å². The van der Waals surface area contributed by atoms with E-state index in [1.807, 2.05) is 48.7 Å². The molecule has 0 bridgehead atoms. The number of benzene rings is 2. The third-order valence-electron chi connectivity index (χ3n) is 4.53. The normalized spacial score (nSPS) is 10.9. The number of fused-ring (bicyclic) bond motifs is 1. The second-order valence-corrected chi connectivity index (χ2v) is 6.55. The Morgan fingerprint density at radius 1 is 1.11 bits per heavy atom. The van der Waals surface area contributed by atoms with E-state index >= 15 is 0 Å². The summed E-state index contributed by atoms with van der Waals surface area (Å²) < 4.78 is 2.01. The monoisotopic (exact) mass is 354 g/mol. The van der Waals surface area contributed by atoms with Crippen LogP contribution in [0.1, 0.15) is 22.5 Å². The van der Waals surface area contributed by atoms with E-state index in [9.17, 15) is 5.26 Å². The summed E-state index contributed by atoms with van der Waals surface area (Å²) in [7, 11) is 0. The number of anilines is 1. The number of nitrogens with zero attached hydrogens (tertiary/aromatic N) is 5. The summed E-state index contributed by atoms with van der Waals surface area (Å²) >= 11 is 0. The third kappa shape index (κ3) is 3.11. The minimum Gasteiger partial charge on any atom is -0.399 e. The number of imidazole rings is 1. The Labute approximate surface area is 156 Å². The van der Waals surface area contributed by atoms with Gasteiger partial charge < -0.3 is 10.3 Å². The highest BCUT2D eigenvalue weighted by Crippen LogP contribution is 2.26. The summed E-state index contributed by atoms with van der Waals surface area (Å²) in [4.78, 5) is 13.7. The highest BCUT2D eigenvalue weighted by molar-refractivity contribution is 5.87. The zero-order chi connectivity index (χ0) is 19.0. The lowest BCUT2D eigenvalue weighted by molar-refractivity contribution is 0.810. The van der Waals surface area contributed by atoms with E-state index < -0.39 is 0 Å². The molecular weight excluding hydrogens is 336 g/mol. The Balaban J connectivity index is 1.82. The van der Waals surface area contributed by atoms with E-state index in [2.05, 4.69) is 27.1 Å². The first-order valence-electron chi connectivity index (χ1n) is 8.60. The van der Waals surface area contributed by atoms with Gasteiger partial charge in [0.15, 0.2) is 5.65 Å². The summed E-state index contributed by atoms with van der Waals surface area (Å²) in [5.41, 5.74) is 12.6. The Morgan fingerprint density at radius 3 is 2.74 bits per heavy atom. The van der Waals surface area contributed by atoms with Gasteiger partial charge in [-0.25, -0.2) is 15.0 Å². The van der Waals surface area contributed by atoms with Gasteiger partial charge in [0.05, 0.1) is 24.5 Å². The van der Waals surface area contributed by atoms with E-state index in [1.54, 1.807) is 12.4 Å². The number of nitriles is 1. The summed E-state index contributed by atoms with van der Waals surface area (Å²) in [5, 5.41) is 9.18. The highest BCUT2D eigenvalue weighted by atomic mass is 15.1. The fourth-order valence-electron chi connectivity index (χ4n) is 3.14. The number of hydrogen-bond acceptors (Lipinski definition) is 5. The molecule has 0 radical (unpaired) electrons. The minimum absolute atomic E-state index is 0.591. The van der Waals surface area contributed by atoms with Gasteiger partial charge in [0.25, 0.3) is 0 Å². The van der Waals surface area contributed by atoms with E-state index in [1.165, 1.54) is 0 Å². The Kier molecular flexibility index (Phi) is 4.05. The van der Waals surface area contributed by atoms with Crippen molar-refractivity contribution >= 4 is 16.9 Å². The van der Waals surface area contributed by atoms with Crippen LogP contribution in [0.2, 0.25) is 0 Å². The molecule has 0 aliphatic heterocycles. The van der Waals surface area contributed by atoms with Crippen molar-refractivity contribution in [2.45, 2.75) is 20.4 Å². The molecule has 0 saturated heterocycles. The van der Waals surface area contributed by atoms with Crippen LogP contribution in [0.4, 0.5) is 5.69 Å². The second kappa shape index (κ2) is 6.54. The SMILES string of the molecule is Cc1nc(-c2cccc(C#N)c2)c2ncn(Cc3ccc(N)c(C)c3)c2n1. The number of nitrogens with two attached hydrogens (primary N) is 1. The highest BCUT2D eigenvalue weighted by Gasteiger charge is 2.14. The molecule has 6 nitrogen and oxygen atoms in total. The first-order chi connectivity index (χ1) is 13.0. The average Bonchev–Trinajstić information content (AvgIpc) is 3.06. The van der Waals surface area contributed by atoms with Gasteiger partial charge in [0.2, 0.25) is 0 Å².